The van der Waals surface area contributed by atoms with E-state index in [4.69, 9.17) is 22.4 Å². The maximum Gasteiger partial charge on any atom is 0.384 e. The average Bonchev–Trinajstić information content (AvgIpc) is 2.50. The third-order valence-corrected chi connectivity index (χ3v) is 2.74. The molecule has 1 aliphatic heterocycles. The molecule has 0 aromatic carbocycles. The third-order valence-electron chi connectivity index (χ3n) is 1.98. The highest BCUT2D eigenvalue weighted by atomic mass is 31.1. The standard InChI is InChI=1S/C7H10BO6P/c8-5-2-1-4(14-5)3-13-7(6(9)10)15(11)12/h4-5,7H,1-3H2,(H,9,10). The van der Waals surface area contributed by atoms with Crippen molar-refractivity contribution in [1.29, 1.82) is 0 Å². The van der Waals surface area contributed by atoms with E-state index in [9.17, 15) is 14.3 Å². The molecule has 0 bridgehead atoms. The van der Waals surface area contributed by atoms with E-state index in [1.807, 2.05) is 0 Å². The summed E-state index contributed by atoms with van der Waals surface area (Å²) in [6, 6.07) is -0.372. The average molecular weight is 232 g/mol. The SMILES string of the molecule is [B]C1CCC(COC(C(=O)O)[P+](=O)[O-])O1. The van der Waals surface area contributed by atoms with Crippen molar-refractivity contribution in [2.45, 2.75) is 30.8 Å². The Kier molecular flexibility index (Phi) is 4.66. The van der Waals surface area contributed by atoms with E-state index in [1.165, 1.54) is 0 Å². The van der Waals surface area contributed by atoms with Gasteiger partial charge in [0.1, 0.15) is 7.85 Å². The van der Waals surface area contributed by atoms with Crippen molar-refractivity contribution >= 4 is 21.8 Å². The number of carbonyl (C=O) groups is 1. The number of aliphatic carboxylic acids is 1. The second-order valence-electron chi connectivity index (χ2n) is 3.18. The topological polar surface area (TPSA) is 95.9 Å². The Hall–Kier alpha value is -0.485. The fraction of sp³-hybridized carbons (Fsp3) is 0.857. The monoisotopic (exact) mass is 232 g/mol. The van der Waals surface area contributed by atoms with Crippen LogP contribution in [0.2, 0.25) is 0 Å². The Morgan fingerprint density at radius 1 is 1.73 bits per heavy atom. The molecule has 1 heterocycles. The zero-order chi connectivity index (χ0) is 11.4. The zero-order valence-electron chi connectivity index (χ0n) is 7.87. The lowest BCUT2D eigenvalue weighted by Gasteiger charge is -2.12. The molecule has 6 nitrogen and oxygen atoms in total. The molecular weight excluding hydrogens is 222 g/mol. The van der Waals surface area contributed by atoms with Crippen LogP contribution in [0.15, 0.2) is 0 Å². The van der Waals surface area contributed by atoms with E-state index in [1.54, 1.807) is 0 Å². The molecule has 1 saturated heterocycles. The van der Waals surface area contributed by atoms with Crippen molar-refractivity contribution in [1.82, 2.24) is 0 Å². The summed E-state index contributed by atoms with van der Waals surface area (Å²) in [5.74, 6) is -3.33. The van der Waals surface area contributed by atoms with Crippen LogP contribution in [-0.4, -0.2) is 43.5 Å². The van der Waals surface area contributed by atoms with Gasteiger partial charge in [-0.25, -0.2) is 4.79 Å². The summed E-state index contributed by atoms with van der Waals surface area (Å²) in [5.41, 5.74) is 0. The number of hydrogen-bond acceptors (Lipinski definition) is 5. The van der Waals surface area contributed by atoms with Gasteiger partial charge in [-0.2, -0.15) is 0 Å². The Labute approximate surface area is 88.8 Å². The molecule has 0 amide bonds. The van der Waals surface area contributed by atoms with E-state index < -0.39 is 19.8 Å². The third kappa shape index (κ3) is 3.87. The van der Waals surface area contributed by atoms with Crippen molar-refractivity contribution in [3.63, 3.8) is 0 Å². The predicted octanol–water partition coefficient (Wildman–Crippen LogP) is -0.810. The second-order valence-corrected chi connectivity index (χ2v) is 4.22. The van der Waals surface area contributed by atoms with Crippen LogP contribution >= 0.6 is 8.03 Å². The fourth-order valence-electron chi connectivity index (χ4n) is 1.28. The first-order valence-electron chi connectivity index (χ1n) is 4.39. The van der Waals surface area contributed by atoms with Gasteiger partial charge in [0.15, 0.2) is 0 Å². The molecule has 0 saturated carbocycles. The van der Waals surface area contributed by atoms with Crippen LogP contribution < -0.4 is 4.89 Å². The molecule has 8 heteroatoms. The lowest BCUT2D eigenvalue weighted by Crippen LogP contribution is -2.28. The predicted molar refractivity (Wildman–Crippen MR) is 48.6 cm³/mol. The van der Waals surface area contributed by atoms with Crippen LogP contribution in [0.1, 0.15) is 12.8 Å². The largest absolute Gasteiger partial charge is 0.593 e. The normalized spacial score (nSPS) is 28.7. The summed E-state index contributed by atoms with van der Waals surface area (Å²) >= 11 is 0. The summed E-state index contributed by atoms with van der Waals surface area (Å²) < 4.78 is 20.3. The minimum atomic E-state index is -3.14. The number of hydrogen-bond donors (Lipinski definition) is 1. The molecule has 2 radical (unpaired) electrons. The highest BCUT2D eigenvalue weighted by molar-refractivity contribution is 7.38. The van der Waals surface area contributed by atoms with Crippen LogP contribution in [0, 0.1) is 0 Å². The van der Waals surface area contributed by atoms with Crippen molar-refractivity contribution in [3.05, 3.63) is 0 Å². The minimum absolute atomic E-state index is 0.0754. The number of ether oxygens (including phenoxy) is 2. The molecule has 4 unspecified atom stereocenters. The van der Waals surface area contributed by atoms with Gasteiger partial charge in [0.25, 0.3) is 0 Å². The summed E-state index contributed by atoms with van der Waals surface area (Å²) in [6.07, 6.45) is 0.982. The first kappa shape index (κ1) is 12.6. The van der Waals surface area contributed by atoms with E-state index in [2.05, 4.69) is 0 Å². The molecule has 82 valence electrons. The lowest BCUT2D eigenvalue weighted by atomic mass is 9.97. The van der Waals surface area contributed by atoms with Crippen LogP contribution in [0.4, 0.5) is 0 Å². The molecule has 0 aliphatic carbocycles. The number of carboxylic acid groups (broad SMARTS) is 1. The Bertz CT molecular complexity index is 246. The molecule has 1 fully saturated rings. The first-order chi connectivity index (χ1) is 7.00. The molecule has 0 aromatic rings. The molecule has 0 spiro atoms. The van der Waals surface area contributed by atoms with Gasteiger partial charge >= 0.3 is 19.8 Å². The smallest absolute Gasteiger partial charge is 0.384 e. The summed E-state index contributed by atoms with van der Waals surface area (Å²) in [6.45, 7) is -0.0754. The van der Waals surface area contributed by atoms with Gasteiger partial charge in [-0.15, -0.1) is 0 Å². The second kappa shape index (κ2) is 5.56. The van der Waals surface area contributed by atoms with Gasteiger partial charge in [0.05, 0.1) is 12.7 Å². The summed E-state index contributed by atoms with van der Waals surface area (Å²) in [7, 11) is 2.29. The Balaban J connectivity index is 2.34. The molecule has 4 atom stereocenters. The quantitative estimate of drug-likeness (QED) is 0.491. The van der Waals surface area contributed by atoms with Gasteiger partial charge in [-0.05, 0) is 12.8 Å². The maximum atomic E-state index is 10.5. The van der Waals surface area contributed by atoms with Gasteiger partial charge in [0, 0.05) is 6.00 Å². The van der Waals surface area contributed by atoms with Crippen molar-refractivity contribution in [3.8, 4) is 0 Å². The summed E-state index contributed by atoms with van der Waals surface area (Å²) in [5, 5.41) is 8.50. The lowest BCUT2D eigenvalue weighted by molar-refractivity contribution is -0.180. The van der Waals surface area contributed by atoms with Crippen molar-refractivity contribution in [2.75, 3.05) is 6.61 Å². The maximum absolute atomic E-state index is 10.5. The van der Waals surface area contributed by atoms with E-state index in [0.717, 1.165) is 0 Å². The summed E-state index contributed by atoms with van der Waals surface area (Å²) in [4.78, 5) is 20.9. The van der Waals surface area contributed by atoms with Gasteiger partial charge in [-0.1, -0.05) is 4.57 Å². The van der Waals surface area contributed by atoms with Gasteiger partial charge < -0.3 is 19.5 Å². The van der Waals surface area contributed by atoms with Gasteiger partial charge in [-0.3, -0.25) is 0 Å². The number of rotatable bonds is 5. The Morgan fingerprint density at radius 3 is 2.80 bits per heavy atom. The number of carboxylic acids is 1. The van der Waals surface area contributed by atoms with Crippen LogP contribution in [0.3, 0.4) is 0 Å². The molecule has 1 aliphatic rings. The Morgan fingerprint density at radius 2 is 2.40 bits per heavy atom. The van der Waals surface area contributed by atoms with E-state index in [-0.39, 0.29) is 18.7 Å². The van der Waals surface area contributed by atoms with E-state index >= 15 is 0 Å². The minimum Gasteiger partial charge on any atom is -0.593 e. The van der Waals surface area contributed by atoms with Crippen LogP contribution in [0.5, 0.6) is 0 Å². The molecule has 0 aromatic heterocycles. The molecule has 15 heavy (non-hydrogen) atoms. The highest BCUT2D eigenvalue weighted by Gasteiger charge is 2.33. The van der Waals surface area contributed by atoms with E-state index in [0.29, 0.717) is 12.8 Å². The fourth-order valence-corrected chi connectivity index (χ4v) is 1.66. The molecule has 1 rings (SSSR count). The van der Waals surface area contributed by atoms with Crippen molar-refractivity contribution < 1.29 is 28.8 Å². The van der Waals surface area contributed by atoms with Gasteiger partial charge in [0.2, 0.25) is 0 Å². The zero-order valence-corrected chi connectivity index (χ0v) is 8.76. The first-order valence-corrected chi connectivity index (χ1v) is 5.64. The highest BCUT2D eigenvalue weighted by Crippen LogP contribution is 2.22. The molecular formula is C7H10BO6P. The van der Waals surface area contributed by atoms with Crippen LogP contribution in [-0.2, 0) is 18.8 Å². The van der Waals surface area contributed by atoms with Crippen LogP contribution in [0.25, 0.3) is 0 Å². The molecule has 1 N–H and O–H groups in total. The van der Waals surface area contributed by atoms with Crippen molar-refractivity contribution in [2.24, 2.45) is 0 Å².